The molecular formula is C17H20N2O4S2. The highest BCUT2D eigenvalue weighted by atomic mass is 32.2. The van der Waals surface area contributed by atoms with E-state index in [1.807, 2.05) is 18.4 Å². The molecule has 1 saturated heterocycles. The van der Waals surface area contributed by atoms with Crippen molar-refractivity contribution in [2.24, 2.45) is 0 Å². The third kappa shape index (κ3) is 4.09. The molecule has 0 unspecified atom stereocenters. The van der Waals surface area contributed by atoms with Crippen molar-refractivity contribution in [3.05, 3.63) is 46.2 Å². The summed E-state index contributed by atoms with van der Waals surface area (Å²) in [7, 11) is -3.58. The van der Waals surface area contributed by atoms with E-state index in [4.69, 9.17) is 4.74 Å². The quantitative estimate of drug-likeness (QED) is 0.865. The fourth-order valence-electron chi connectivity index (χ4n) is 2.56. The summed E-state index contributed by atoms with van der Waals surface area (Å²) in [6.07, 6.45) is 0.880. The molecule has 0 atom stereocenters. The van der Waals surface area contributed by atoms with Crippen molar-refractivity contribution < 1.29 is 17.9 Å². The average molecular weight is 380 g/mol. The second kappa shape index (κ2) is 7.65. The number of sulfonamides is 1. The molecule has 0 saturated carbocycles. The number of nitrogens with one attached hydrogen (secondary N) is 1. The van der Waals surface area contributed by atoms with Crippen LogP contribution in [-0.2, 0) is 21.2 Å². The molecule has 6 nitrogen and oxygen atoms in total. The third-order valence-corrected chi connectivity index (χ3v) is 6.94. The summed E-state index contributed by atoms with van der Waals surface area (Å²) in [6, 6.07) is 8.21. The number of carbonyl (C=O) groups excluding carboxylic acids is 1. The van der Waals surface area contributed by atoms with E-state index in [1.54, 1.807) is 18.2 Å². The van der Waals surface area contributed by atoms with Gasteiger partial charge in [-0.15, -0.1) is 11.3 Å². The largest absolute Gasteiger partial charge is 0.379 e. The fourth-order valence-corrected chi connectivity index (χ4v) is 4.83. The van der Waals surface area contributed by atoms with Gasteiger partial charge >= 0.3 is 0 Å². The van der Waals surface area contributed by atoms with Crippen LogP contribution in [0.4, 0.5) is 5.69 Å². The normalized spacial score (nSPS) is 15.9. The number of thiophene rings is 1. The van der Waals surface area contributed by atoms with E-state index in [1.165, 1.54) is 21.7 Å². The van der Waals surface area contributed by atoms with E-state index in [0.717, 1.165) is 11.3 Å². The van der Waals surface area contributed by atoms with E-state index in [9.17, 15) is 13.2 Å². The van der Waals surface area contributed by atoms with Crippen LogP contribution in [0.2, 0.25) is 0 Å². The Bertz CT molecular complexity index is 855. The van der Waals surface area contributed by atoms with Crippen LogP contribution in [0.1, 0.15) is 22.2 Å². The van der Waals surface area contributed by atoms with Crippen LogP contribution in [0.5, 0.6) is 0 Å². The zero-order chi connectivity index (χ0) is 17.9. The van der Waals surface area contributed by atoms with Gasteiger partial charge in [0.1, 0.15) is 0 Å². The molecule has 1 fully saturated rings. The summed E-state index contributed by atoms with van der Waals surface area (Å²) in [4.78, 5) is 13.6. The number of amides is 1. The van der Waals surface area contributed by atoms with Crippen LogP contribution in [0.15, 0.2) is 40.6 Å². The molecule has 0 radical (unpaired) electrons. The van der Waals surface area contributed by atoms with Crippen molar-refractivity contribution >= 4 is 33.0 Å². The van der Waals surface area contributed by atoms with Crippen molar-refractivity contribution in [1.29, 1.82) is 0 Å². The lowest BCUT2D eigenvalue weighted by molar-refractivity contribution is 0.0730. The molecule has 2 aromatic rings. The molecule has 1 aromatic heterocycles. The van der Waals surface area contributed by atoms with Crippen LogP contribution < -0.4 is 5.32 Å². The second-order valence-corrected chi connectivity index (χ2v) is 8.59. The first kappa shape index (κ1) is 18.1. The van der Waals surface area contributed by atoms with Crippen LogP contribution in [0, 0.1) is 0 Å². The number of anilines is 1. The number of benzene rings is 1. The molecule has 1 aliphatic rings. The summed E-state index contributed by atoms with van der Waals surface area (Å²) in [5.41, 5.74) is 1.05. The van der Waals surface area contributed by atoms with Crippen molar-refractivity contribution in [3.63, 3.8) is 0 Å². The SMILES string of the molecule is CCc1cc(C(=O)Nc2cccc(S(=O)(=O)N3CCOCC3)c2)cs1. The average Bonchev–Trinajstić information content (AvgIpc) is 3.12. The predicted molar refractivity (Wildman–Crippen MR) is 97.7 cm³/mol. The first-order chi connectivity index (χ1) is 12.0. The highest BCUT2D eigenvalue weighted by molar-refractivity contribution is 7.89. The number of rotatable bonds is 5. The van der Waals surface area contributed by atoms with Crippen molar-refractivity contribution in [2.45, 2.75) is 18.2 Å². The van der Waals surface area contributed by atoms with Crippen LogP contribution in [0.3, 0.4) is 0 Å². The molecule has 0 spiro atoms. The van der Waals surface area contributed by atoms with Crippen molar-refractivity contribution in [1.82, 2.24) is 4.31 Å². The topological polar surface area (TPSA) is 75.7 Å². The van der Waals surface area contributed by atoms with Crippen molar-refractivity contribution in [3.8, 4) is 0 Å². The molecule has 2 heterocycles. The van der Waals surface area contributed by atoms with Gasteiger partial charge in [0.05, 0.1) is 23.7 Å². The zero-order valence-corrected chi connectivity index (χ0v) is 15.5. The van der Waals surface area contributed by atoms with Crippen molar-refractivity contribution in [2.75, 3.05) is 31.6 Å². The Labute approximate surface area is 151 Å². The molecule has 1 amide bonds. The lowest BCUT2D eigenvalue weighted by Gasteiger charge is -2.26. The lowest BCUT2D eigenvalue weighted by atomic mass is 10.2. The van der Waals surface area contributed by atoms with Gasteiger partial charge in [-0.3, -0.25) is 4.79 Å². The molecule has 0 aliphatic carbocycles. The van der Waals surface area contributed by atoms with Gasteiger partial charge in [0.25, 0.3) is 5.91 Å². The summed E-state index contributed by atoms with van der Waals surface area (Å²) in [5, 5.41) is 4.58. The maximum absolute atomic E-state index is 12.7. The molecule has 1 N–H and O–H groups in total. The number of hydrogen-bond donors (Lipinski definition) is 1. The third-order valence-electron chi connectivity index (χ3n) is 3.96. The fraction of sp³-hybridized carbons (Fsp3) is 0.353. The van der Waals surface area contributed by atoms with Gasteiger partial charge in [-0.2, -0.15) is 4.31 Å². The van der Waals surface area contributed by atoms with E-state index < -0.39 is 10.0 Å². The first-order valence-electron chi connectivity index (χ1n) is 8.07. The van der Waals surface area contributed by atoms with E-state index >= 15 is 0 Å². The molecular weight excluding hydrogens is 360 g/mol. The number of carbonyl (C=O) groups is 1. The molecule has 0 bridgehead atoms. The standard InChI is InChI=1S/C17H20N2O4S2/c1-2-15-10-13(12-24-15)17(20)18-14-4-3-5-16(11-14)25(21,22)19-6-8-23-9-7-19/h3-5,10-12H,2,6-9H2,1H3,(H,18,20). The van der Waals surface area contributed by atoms with E-state index in [0.29, 0.717) is 37.6 Å². The minimum atomic E-state index is -3.58. The maximum Gasteiger partial charge on any atom is 0.256 e. The maximum atomic E-state index is 12.7. The number of morpholine rings is 1. The molecule has 3 rings (SSSR count). The zero-order valence-electron chi connectivity index (χ0n) is 13.9. The highest BCUT2D eigenvalue weighted by Gasteiger charge is 2.26. The Hall–Kier alpha value is -1.74. The van der Waals surface area contributed by atoms with E-state index in [-0.39, 0.29) is 10.8 Å². The molecule has 1 aromatic carbocycles. The number of nitrogens with zero attached hydrogens (tertiary/aromatic N) is 1. The Balaban J connectivity index is 1.78. The minimum Gasteiger partial charge on any atom is -0.379 e. The highest BCUT2D eigenvalue weighted by Crippen LogP contribution is 2.22. The summed E-state index contributed by atoms with van der Waals surface area (Å²) < 4.78 is 32.0. The number of ether oxygens (including phenoxy) is 1. The predicted octanol–water partition coefficient (Wildman–Crippen LogP) is 2.58. The molecule has 25 heavy (non-hydrogen) atoms. The second-order valence-electron chi connectivity index (χ2n) is 5.65. The molecule has 134 valence electrons. The van der Waals surface area contributed by atoms with Gasteiger partial charge < -0.3 is 10.1 Å². The Morgan fingerprint density at radius 3 is 2.72 bits per heavy atom. The van der Waals surface area contributed by atoms with Gasteiger partial charge in [0, 0.05) is 29.0 Å². The van der Waals surface area contributed by atoms with Gasteiger partial charge in [0.15, 0.2) is 0 Å². The number of hydrogen-bond acceptors (Lipinski definition) is 5. The van der Waals surface area contributed by atoms with Gasteiger partial charge in [-0.25, -0.2) is 8.42 Å². The molecule has 1 aliphatic heterocycles. The Kier molecular flexibility index (Phi) is 5.53. The first-order valence-corrected chi connectivity index (χ1v) is 10.4. The van der Waals surface area contributed by atoms with Gasteiger partial charge in [-0.1, -0.05) is 13.0 Å². The summed E-state index contributed by atoms with van der Waals surface area (Å²) in [5.74, 6) is -0.239. The monoisotopic (exact) mass is 380 g/mol. The minimum absolute atomic E-state index is 0.173. The van der Waals surface area contributed by atoms with Crippen LogP contribution in [-0.4, -0.2) is 44.9 Å². The Morgan fingerprint density at radius 1 is 1.28 bits per heavy atom. The van der Waals surface area contributed by atoms with Gasteiger partial charge in [-0.05, 0) is 30.7 Å². The summed E-state index contributed by atoms with van der Waals surface area (Å²) in [6.45, 7) is 3.51. The van der Waals surface area contributed by atoms with E-state index in [2.05, 4.69) is 5.32 Å². The Morgan fingerprint density at radius 2 is 2.04 bits per heavy atom. The summed E-state index contributed by atoms with van der Waals surface area (Å²) >= 11 is 1.54. The van der Waals surface area contributed by atoms with Crippen LogP contribution >= 0.6 is 11.3 Å². The number of aryl methyl sites for hydroxylation is 1. The lowest BCUT2D eigenvalue weighted by Crippen LogP contribution is -2.40. The van der Waals surface area contributed by atoms with Crippen LogP contribution in [0.25, 0.3) is 0 Å². The molecule has 8 heteroatoms. The van der Waals surface area contributed by atoms with Gasteiger partial charge in [0.2, 0.25) is 10.0 Å². The smallest absolute Gasteiger partial charge is 0.256 e.